The first-order valence-electron chi connectivity index (χ1n) is 6.18. The molecule has 2 rings (SSSR count). The van der Waals surface area contributed by atoms with Crippen molar-refractivity contribution in [1.82, 2.24) is 10.3 Å². The molecule has 0 unspecified atom stereocenters. The number of nitrogens with one attached hydrogen (secondary N) is 1. The molecule has 2 heterocycles. The van der Waals surface area contributed by atoms with Gasteiger partial charge in [-0.25, -0.2) is 4.98 Å². The summed E-state index contributed by atoms with van der Waals surface area (Å²) in [7, 11) is 0. The first kappa shape index (κ1) is 15.1. The van der Waals surface area contributed by atoms with E-state index in [1.165, 1.54) is 11.3 Å². The Labute approximate surface area is 124 Å². The van der Waals surface area contributed by atoms with E-state index in [9.17, 15) is 15.0 Å². The number of nitrogens with zero attached hydrogens (tertiary/aromatic N) is 1. The minimum atomic E-state index is -0.996. The minimum absolute atomic E-state index is 0.304. The Morgan fingerprint density at radius 1 is 1.40 bits per heavy atom. The number of hydrogen-bond acceptors (Lipinski definition) is 6. The van der Waals surface area contributed by atoms with Crippen LogP contribution in [-0.4, -0.2) is 39.9 Å². The highest BCUT2D eigenvalue weighted by molar-refractivity contribution is 7.20. The molecule has 0 aromatic carbocycles. The Kier molecular flexibility index (Phi) is 4.87. The van der Waals surface area contributed by atoms with E-state index in [-0.39, 0.29) is 19.1 Å². The van der Waals surface area contributed by atoms with Crippen molar-refractivity contribution in [2.24, 2.45) is 0 Å². The van der Waals surface area contributed by atoms with Gasteiger partial charge in [0.25, 0.3) is 5.91 Å². The molecule has 5 nitrogen and oxygen atoms in total. The molecule has 0 bridgehead atoms. The molecule has 7 heteroatoms. The maximum atomic E-state index is 12.1. The van der Waals surface area contributed by atoms with Crippen LogP contribution >= 0.6 is 22.7 Å². The second-order valence-corrected chi connectivity index (χ2v) is 6.23. The van der Waals surface area contributed by atoms with Gasteiger partial charge >= 0.3 is 0 Å². The van der Waals surface area contributed by atoms with Crippen LogP contribution in [0.1, 0.15) is 23.8 Å². The Balaban J connectivity index is 2.14. The predicted molar refractivity (Wildman–Crippen MR) is 80.1 cm³/mol. The Hall–Kier alpha value is -1.28. The van der Waals surface area contributed by atoms with Crippen molar-refractivity contribution in [3.05, 3.63) is 28.6 Å². The number of hydrogen-bond donors (Lipinski definition) is 3. The van der Waals surface area contributed by atoms with Gasteiger partial charge in [0.05, 0.1) is 23.6 Å². The maximum Gasteiger partial charge on any atom is 0.271 e. The summed E-state index contributed by atoms with van der Waals surface area (Å²) in [5, 5.41) is 25.8. The number of aliphatic hydroxyl groups excluding tert-OH is 2. The minimum Gasteiger partial charge on any atom is -0.394 e. The smallest absolute Gasteiger partial charge is 0.271 e. The summed E-state index contributed by atoms with van der Waals surface area (Å²) in [6.07, 6.45) is 0.438. The third kappa shape index (κ3) is 3.06. The van der Waals surface area contributed by atoms with Crippen molar-refractivity contribution < 1.29 is 15.0 Å². The molecule has 0 radical (unpaired) electrons. The molecule has 20 heavy (non-hydrogen) atoms. The molecule has 2 aromatic heterocycles. The number of amides is 1. The molecule has 0 aliphatic heterocycles. The van der Waals surface area contributed by atoms with Crippen molar-refractivity contribution in [3.8, 4) is 9.88 Å². The molecular weight excluding hydrogens is 296 g/mol. The summed E-state index contributed by atoms with van der Waals surface area (Å²) >= 11 is 2.96. The predicted octanol–water partition coefficient (Wildman–Crippen LogP) is 1.73. The fraction of sp³-hybridized carbons (Fsp3) is 0.385. The van der Waals surface area contributed by atoms with E-state index in [0.717, 1.165) is 9.88 Å². The van der Waals surface area contributed by atoms with E-state index in [0.29, 0.717) is 12.1 Å². The van der Waals surface area contributed by atoms with Crippen LogP contribution in [0.15, 0.2) is 22.9 Å². The van der Waals surface area contributed by atoms with Gasteiger partial charge in [-0.2, -0.15) is 0 Å². The molecule has 0 saturated heterocycles. The zero-order chi connectivity index (χ0) is 14.6. The van der Waals surface area contributed by atoms with Crippen molar-refractivity contribution in [1.29, 1.82) is 0 Å². The highest BCUT2D eigenvalue weighted by atomic mass is 32.1. The summed E-state index contributed by atoms with van der Waals surface area (Å²) in [5.74, 6) is -0.381. The van der Waals surface area contributed by atoms with E-state index in [2.05, 4.69) is 10.3 Å². The van der Waals surface area contributed by atoms with E-state index in [1.807, 2.05) is 17.5 Å². The standard InChI is InChI=1S/C13H16N2O3S2/c1-2-13(7-16,8-17)15-11(18)9-6-20-12(14-9)10-4-3-5-19-10/h3-6,16-17H,2,7-8H2,1H3,(H,15,18). The molecule has 0 aliphatic rings. The Bertz CT molecular complexity index is 554. The number of carbonyl (C=O) groups is 1. The highest BCUT2D eigenvalue weighted by Gasteiger charge is 2.29. The van der Waals surface area contributed by atoms with Crippen LogP contribution in [-0.2, 0) is 0 Å². The largest absolute Gasteiger partial charge is 0.394 e. The summed E-state index contributed by atoms with van der Waals surface area (Å²) in [6.45, 7) is 1.17. The molecule has 0 aliphatic carbocycles. The summed E-state index contributed by atoms with van der Waals surface area (Å²) in [4.78, 5) is 17.4. The lowest BCUT2D eigenvalue weighted by atomic mass is 9.98. The lowest BCUT2D eigenvalue weighted by Gasteiger charge is -2.29. The number of rotatable bonds is 6. The van der Waals surface area contributed by atoms with Crippen molar-refractivity contribution in [3.63, 3.8) is 0 Å². The van der Waals surface area contributed by atoms with E-state index >= 15 is 0 Å². The summed E-state index contributed by atoms with van der Waals surface area (Å²) in [6, 6.07) is 3.88. The van der Waals surface area contributed by atoms with Gasteiger partial charge in [0.1, 0.15) is 10.7 Å². The zero-order valence-electron chi connectivity index (χ0n) is 11.0. The molecule has 0 spiro atoms. The van der Waals surface area contributed by atoms with Crippen LogP contribution < -0.4 is 5.32 Å². The number of thiazole rings is 1. The molecule has 2 aromatic rings. The first-order valence-corrected chi connectivity index (χ1v) is 7.93. The fourth-order valence-electron chi connectivity index (χ4n) is 1.64. The maximum absolute atomic E-state index is 12.1. The van der Waals surface area contributed by atoms with Gasteiger partial charge in [-0.3, -0.25) is 4.79 Å². The third-order valence-electron chi connectivity index (χ3n) is 3.13. The second-order valence-electron chi connectivity index (χ2n) is 4.42. The number of aliphatic hydroxyl groups is 2. The van der Waals surface area contributed by atoms with E-state index in [1.54, 1.807) is 23.6 Å². The lowest BCUT2D eigenvalue weighted by molar-refractivity contribution is 0.0649. The van der Waals surface area contributed by atoms with Gasteiger partial charge in [0, 0.05) is 5.38 Å². The van der Waals surface area contributed by atoms with Crippen LogP contribution in [0.3, 0.4) is 0 Å². The molecule has 108 valence electrons. The fourth-order valence-corrected chi connectivity index (χ4v) is 3.25. The molecule has 1 amide bonds. The average Bonchev–Trinajstić information content (AvgIpc) is 3.14. The van der Waals surface area contributed by atoms with E-state index < -0.39 is 5.54 Å². The number of aromatic nitrogens is 1. The van der Waals surface area contributed by atoms with Gasteiger partial charge in [-0.05, 0) is 17.9 Å². The first-order chi connectivity index (χ1) is 9.64. The average molecular weight is 312 g/mol. The zero-order valence-corrected chi connectivity index (χ0v) is 12.6. The highest BCUT2D eigenvalue weighted by Crippen LogP contribution is 2.27. The lowest BCUT2D eigenvalue weighted by Crippen LogP contribution is -2.53. The van der Waals surface area contributed by atoms with Crippen LogP contribution in [0.4, 0.5) is 0 Å². The van der Waals surface area contributed by atoms with Gasteiger partial charge in [0.2, 0.25) is 0 Å². The van der Waals surface area contributed by atoms with Crippen LogP contribution in [0, 0.1) is 0 Å². The topological polar surface area (TPSA) is 82.5 Å². The molecular formula is C13H16N2O3S2. The van der Waals surface area contributed by atoms with Gasteiger partial charge < -0.3 is 15.5 Å². The quantitative estimate of drug-likeness (QED) is 0.759. The number of thiophene rings is 1. The van der Waals surface area contributed by atoms with E-state index in [4.69, 9.17) is 0 Å². The molecule has 0 atom stereocenters. The SMILES string of the molecule is CCC(CO)(CO)NC(=O)c1csc(-c2cccs2)n1. The van der Waals surface area contributed by atoms with Gasteiger partial charge in [0.15, 0.2) is 0 Å². The summed E-state index contributed by atoms with van der Waals surface area (Å²) < 4.78 is 0. The van der Waals surface area contributed by atoms with Crippen LogP contribution in [0.2, 0.25) is 0 Å². The van der Waals surface area contributed by atoms with Crippen LogP contribution in [0.25, 0.3) is 9.88 Å². The Morgan fingerprint density at radius 2 is 2.15 bits per heavy atom. The van der Waals surface area contributed by atoms with Gasteiger partial charge in [-0.1, -0.05) is 13.0 Å². The van der Waals surface area contributed by atoms with Crippen molar-refractivity contribution in [2.75, 3.05) is 13.2 Å². The summed E-state index contributed by atoms with van der Waals surface area (Å²) in [5.41, 5.74) is -0.692. The normalized spacial score (nSPS) is 11.6. The van der Waals surface area contributed by atoms with Crippen molar-refractivity contribution in [2.45, 2.75) is 18.9 Å². The molecule has 0 saturated carbocycles. The monoisotopic (exact) mass is 312 g/mol. The third-order valence-corrected chi connectivity index (χ3v) is 5.01. The molecule has 3 N–H and O–H groups in total. The van der Waals surface area contributed by atoms with Crippen molar-refractivity contribution >= 4 is 28.6 Å². The van der Waals surface area contributed by atoms with Crippen LogP contribution in [0.5, 0.6) is 0 Å². The number of carbonyl (C=O) groups excluding carboxylic acids is 1. The second kappa shape index (κ2) is 6.45. The molecule has 0 fully saturated rings. The Morgan fingerprint density at radius 3 is 2.70 bits per heavy atom. The van der Waals surface area contributed by atoms with Gasteiger partial charge in [-0.15, -0.1) is 22.7 Å².